The second kappa shape index (κ2) is 13.0. The van der Waals surface area contributed by atoms with E-state index in [4.69, 9.17) is 37.9 Å². The number of hydrogen-bond acceptors (Lipinski definition) is 7. The molecule has 6 rings (SSSR count). The zero-order valence-electron chi connectivity index (χ0n) is 25.7. The number of nitrogens with one attached hydrogen (secondary N) is 1. The van der Waals surface area contributed by atoms with Gasteiger partial charge in [0.25, 0.3) is 0 Å². The first-order valence-electron chi connectivity index (χ1n) is 15.6. The first kappa shape index (κ1) is 30.8. The molecule has 1 aliphatic heterocycles. The highest BCUT2D eigenvalue weighted by Gasteiger charge is 2.35. The molecule has 3 aromatic rings. The van der Waals surface area contributed by atoms with Crippen LogP contribution in [0.3, 0.4) is 0 Å². The highest BCUT2D eigenvalue weighted by Crippen LogP contribution is 2.43. The van der Waals surface area contributed by atoms with Gasteiger partial charge >= 0.3 is 5.97 Å². The Morgan fingerprint density at radius 1 is 1.14 bits per heavy atom. The van der Waals surface area contributed by atoms with E-state index in [0.717, 1.165) is 92.4 Å². The second-order valence-electron chi connectivity index (χ2n) is 12.8. The number of carbonyl (C=O) groups is 1. The van der Waals surface area contributed by atoms with Crippen molar-refractivity contribution in [3.8, 4) is 22.6 Å². The van der Waals surface area contributed by atoms with Gasteiger partial charge < -0.3 is 19.5 Å². The Hall–Kier alpha value is -3.20. The van der Waals surface area contributed by atoms with Crippen molar-refractivity contribution in [3.05, 3.63) is 70.3 Å². The van der Waals surface area contributed by atoms with Gasteiger partial charge in [0.15, 0.2) is 0 Å². The minimum Gasteiger partial charge on any atom is -0.428 e. The van der Waals surface area contributed by atoms with Gasteiger partial charge in [0.2, 0.25) is 5.95 Å². The molecule has 0 amide bonds. The number of allylic oxidation sites excluding steroid dienone is 3. The van der Waals surface area contributed by atoms with Crippen LogP contribution in [-0.2, 0) is 16.1 Å². The largest absolute Gasteiger partial charge is 0.428 e. The Labute approximate surface area is 269 Å². The third-order valence-corrected chi connectivity index (χ3v) is 9.69. The predicted molar refractivity (Wildman–Crippen MR) is 176 cm³/mol. The Morgan fingerprint density at radius 2 is 1.93 bits per heavy atom. The summed E-state index contributed by atoms with van der Waals surface area (Å²) in [7, 11) is 2.18. The zero-order chi connectivity index (χ0) is 30.8. The number of hydrogen-bond donors (Lipinski definition) is 1. The van der Waals surface area contributed by atoms with Crippen LogP contribution in [0.5, 0.6) is 0 Å². The Bertz CT molecular complexity index is 1590. The highest BCUT2D eigenvalue weighted by molar-refractivity contribution is 6.42. The summed E-state index contributed by atoms with van der Waals surface area (Å²) in [6.07, 6.45) is 13.8. The summed E-state index contributed by atoms with van der Waals surface area (Å²) in [5.74, 6) is 2.45. The molecule has 2 aliphatic carbocycles. The maximum atomic E-state index is 12.1. The molecule has 1 saturated heterocycles. The van der Waals surface area contributed by atoms with Crippen molar-refractivity contribution in [2.45, 2.75) is 77.3 Å². The van der Waals surface area contributed by atoms with Gasteiger partial charge in [0.1, 0.15) is 11.6 Å². The third kappa shape index (κ3) is 7.03. The van der Waals surface area contributed by atoms with Crippen LogP contribution in [0, 0.1) is 5.41 Å². The van der Waals surface area contributed by atoms with Crippen LogP contribution in [0.2, 0.25) is 10.0 Å². The van der Waals surface area contributed by atoms with E-state index in [1.165, 1.54) is 6.08 Å². The molecule has 44 heavy (non-hydrogen) atoms. The number of halogens is 2. The summed E-state index contributed by atoms with van der Waals surface area (Å²) in [6.45, 7) is 6.93. The van der Waals surface area contributed by atoms with Gasteiger partial charge in [0.05, 0.1) is 27.1 Å². The van der Waals surface area contributed by atoms with E-state index in [0.29, 0.717) is 34.4 Å². The fourth-order valence-electron chi connectivity index (χ4n) is 6.19. The van der Waals surface area contributed by atoms with Crippen LogP contribution in [0.1, 0.15) is 70.5 Å². The number of nitrogens with zero attached hydrogens (tertiary/aromatic N) is 5. The SMILES string of the molecule is C/C=C/C(=O)OC1=CCC(C)(Cn2c(C3CCN(C)CC3)nc(-c3ccc(Cl)c(Cl)c3)c2-c2ccnc(NC3CC3)n2)CC1. The summed E-state index contributed by atoms with van der Waals surface area (Å²) < 4.78 is 8.01. The lowest BCUT2D eigenvalue weighted by Gasteiger charge is -2.35. The second-order valence-corrected chi connectivity index (χ2v) is 13.6. The first-order valence-corrected chi connectivity index (χ1v) is 16.3. The zero-order valence-corrected chi connectivity index (χ0v) is 27.2. The minimum atomic E-state index is -0.325. The van der Waals surface area contributed by atoms with E-state index < -0.39 is 0 Å². The molecule has 1 N–H and O–H groups in total. The predicted octanol–water partition coefficient (Wildman–Crippen LogP) is 7.89. The molecule has 3 aliphatic rings. The molecule has 1 aromatic carbocycles. The average Bonchev–Trinajstić information content (AvgIpc) is 3.75. The summed E-state index contributed by atoms with van der Waals surface area (Å²) in [6, 6.07) is 8.14. The van der Waals surface area contributed by atoms with Crippen molar-refractivity contribution < 1.29 is 9.53 Å². The smallest absolute Gasteiger partial charge is 0.335 e. The Kier molecular flexibility index (Phi) is 9.13. The standard InChI is InChI=1S/C34H40Cl2N6O2/c1-4-5-29(43)44-25-10-15-34(2,16-11-25)21-42-31(28-12-17-37-33(39-28)38-24-7-8-24)30(23-6-9-26(35)27(36)20-23)40-32(42)22-13-18-41(3)19-14-22/h4-6,9-10,12,17,20,22,24H,7-8,11,13-16,18-19,21H2,1-3H3,(H,37,38,39)/b5-4+. The first-order chi connectivity index (χ1) is 21.2. The molecule has 1 atom stereocenters. The Balaban J connectivity index is 1.45. The molecule has 232 valence electrons. The molecule has 8 nitrogen and oxygen atoms in total. The van der Waals surface area contributed by atoms with Gasteiger partial charge in [-0.1, -0.05) is 42.3 Å². The molecule has 0 bridgehead atoms. The monoisotopic (exact) mass is 634 g/mol. The van der Waals surface area contributed by atoms with Crippen LogP contribution in [0.4, 0.5) is 5.95 Å². The molecule has 2 aromatic heterocycles. The fourth-order valence-corrected chi connectivity index (χ4v) is 6.49. The van der Waals surface area contributed by atoms with Gasteiger partial charge in [-0.2, -0.15) is 0 Å². The van der Waals surface area contributed by atoms with Crippen LogP contribution in [0.15, 0.2) is 54.4 Å². The van der Waals surface area contributed by atoms with Gasteiger partial charge in [-0.25, -0.2) is 19.7 Å². The highest BCUT2D eigenvalue weighted by atomic mass is 35.5. The maximum absolute atomic E-state index is 12.1. The number of aromatic nitrogens is 4. The molecule has 2 fully saturated rings. The summed E-state index contributed by atoms with van der Waals surface area (Å²) in [5, 5.41) is 4.47. The van der Waals surface area contributed by atoms with Crippen LogP contribution in [-0.4, -0.2) is 56.6 Å². The third-order valence-electron chi connectivity index (χ3n) is 8.95. The van der Waals surface area contributed by atoms with Gasteiger partial charge in [-0.15, -0.1) is 0 Å². The molecule has 0 radical (unpaired) electrons. The quantitative estimate of drug-likeness (QED) is 0.189. The Morgan fingerprint density at radius 3 is 2.61 bits per heavy atom. The number of anilines is 1. The van der Waals surface area contributed by atoms with Crippen molar-refractivity contribution in [1.29, 1.82) is 0 Å². The van der Waals surface area contributed by atoms with E-state index in [1.54, 1.807) is 6.08 Å². The summed E-state index contributed by atoms with van der Waals surface area (Å²) in [5.41, 5.74) is 3.47. The lowest BCUT2D eigenvalue weighted by Crippen LogP contribution is -2.32. The lowest BCUT2D eigenvalue weighted by atomic mass is 9.78. The number of likely N-dealkylation sites (tertiary alicyclic amines) is 1. The molecule has 1 saturated carbocycles. The number of rotatable bonds is 9. The summed E-state index contributed by atoms with van der Waals surface area (Å²) >= 11 is 12.9. The topological polar surface area (TPSA) is 85.2 Å². The number of esters is 1. The fraction of sp³-hybridized carbons (Fsp3) is 0.471. The van der Waals surface area contributed by atoms with Gasteiger partial charge in [-0.05, 0) is 95.3 Å². The van der Waals surface area contributed by atoms with E-state index in [-0.39, 0.29) is 11.4 Å². The number of ether oxygens (including phenoxy) is 1. The van der Waals surface area contributed by atoms with Gasteiger partial charge in [0, 0.05) is 42.8 Å². The molecule has 3 heterocycles. The van der Waals surface area contributed by atoms with Crippen molar-refractivity contribution in [1.82, 2.24) is 24.4 Å². The van der Waals surface area contributed by atoms with E-state index in [2.05, 4.69) is 39.8 Å². The van der Waals surface area contributed by atoms with Crippen LogP contribution < -0.4 is 5.32 Å². The van der Waals surface area contributed by atoms with E-state index >= 15 is 0 Å². The average molecular weight is 636 g/mol. The van der Waals surface area contributed by atoms with E-state index in [1.807, 2.05) is 37.4 Å². The lowest BCUT2D eigenvalue weighted by molar-refractivity contribution is -0.134. The number of imidazole rings is 1. The number of benzene rings is 1. The van der Waals surface area contributed by atoms with Crippen molar-refractivity contribution in [3.63, 3.8) is 0 Å². The molecule has 0 spiro atoms. The number of piperidine rings is 1. The number of carbonyl (C=O) groups excluding carboxylic acids is 1. The van der Waals surface area contributed by atoms with E-state index in [9.17, 15) is 4.79 Å². The van der Waals surface area contributed by atoms with Crippen molar-refractivity contribution >= 4 is 35.1 Å². The van der Waals surface area contributed by atoms with Gasteiger partial charge in [-0.3, -0.25) is 0 Å². The van der Waals surface area contributed by atoms with Crippen molar-refractivity contribution in [2.75, 3.05) is 25.5 Å². The molecule has 1 unspecified atom stereocenters. The maximum Gasteiger partial charge on any atom is 0.335 e. The van der Waals surface area contributed by atoms with Crippen molar-refractivity contribution in [2.24, 2.45) is 5.41 Å². The molecular formula is C34H40Cl2N6O2. The normalized spacial score (nSPS) is 21.4. The minimum absolute atomic E-state index is 0.0802. The van der Waals surface area contributed by atoms with Crippen LogP contribution in [0.25, 0.3) is 22.6 Å². The molecular weight excluding hydrogens is 595 g/mol. The molecule has 10 heteroatoms. The summed E-state index contributed by atoms with van der Waals surface area (Å²) in [4.78, 5) is 29.5. The van der Waals surface area contributed by atoms with Crippen LogP contribution >= 0.6 is 23.2 Å².